The van der Waals surface area contributed by atoms with Crippen molar-refractivity contribution in [1.82, 2.24) is 10.2 Å². The molecule has 0 radical (unpaired) electrons. The van der Waals surface area contributed by atoms with Crippen molar-refractivity contribution in [2.45, 2.75) is 44.8 Å². The molecule has 0 unspecified atom stereocenters. The Labute approximate surface area is 138 Å². The van der Waals surface area contributed by atoms with E-state index in [0.29, 0.717) is 18.3 Å². The number of carbonyl (C=O) groups excluding carboxylic acids is 1. The Bertz CT molecular complexity index is 470. The number of hydrogen-bond acceptors (Lipinski definition) is 4. The first-order valence-electron chi connectivity index (χ1n) is 8.48. The number of aliphatic hydroxyl groups excluding tert-OH is 1. The predicted molar refractivity (Wildman–Crippen MR) is 90.4 cm³/mol. The second-order valence-corrected chi connectivity index (χ2v) is 6.21. The Morgan fingerprint density at radius 3 is 2.61 bits per heavy atom. The first kappa shape index (κ1) is 17.8. The molecule has 0 aromatic heterocycles. The summed E-state index contributed by atoms with van der Waals surface area (Å²) in [6, 6.07) is 7.76. The number of amides is 1. The summed E-state index contributed by atoms with van der Waals surface area (Å²) < 4.78 is 5.43. The molecule has 0 atom stereocenters. The summed E-state index contributed by atoms with van der Waals surface area (Å²) in [4.78, 5) is 14.2. The van der Waals surface area contributed by atoms with E-state index in [4.69, 9.17) is 9.84 Å². The lowest BCUT2D eigenvalue weighted by Crippen LogP contribution is -2.40. The molecule has 1 aromatic carbocycles. The molecule has 2 N–H and O–H groups in total. The lowest BCUT2D eigenvalue weighted by molar-refractivity contribution is -0.123. The topological polar surface area (TPSA) is 61.8 Å². The van der Waals surface area contributed by atoms with Gasteiger partial charge in [0.1, 0.15) is 5.75 Å². The number of rotatable bonds is 8. The summed E-state index contributed by atoms with van der Waals surface area (Å²) in [5.74, 6) is 0.532. The highest BCUT2D eigenvalue weighted by molar-refractivity contribution is 5.77. The first-order valence-corrected chi connectivity index (χ1v) is 8.48. The van der Waals surface area contributed by atoms with Gasteiger partial charge >= 0.3 is 0 Å². The third kappa shape index (κ3) is 6.20. The molecule has 0 bridgehead atoms. The number of nitrogens with one attached hydrogen (secondary N) is 1. The highest BCUT2D eigenvalue weighted by Gasteiger charge is 2.17. The van der Waals surface area contributed by atoms with Crippen LogP contribution in [0.5, 0.6) is 5.75 Å². The van der Waals surface area contributed by atoms with Crippen molar-refractivity contribution in [3.63, 3.8) is 0 Å². The number of carbonyl (C=O) groups is 1. The van der Waals surface area contributed by atoms with Crippen LogP contribution in [0.4, 0.5) is 0 Å². The molecule has 1 aliphatic carbocycles. The standard InChI is InChI=1S/C18H28N2O3/c1-20(16-5-3-2-4-6-16)12-11-19-18(22)14-23-17-9-7-15(13-21)8-10-17/h7-10,16,21H,2-6,11-14H2,1H3,(H,19,22). The number of nitrogens with zero attached hydrogens (tertiary/aromatic N) is 1. The molecule has 1 saturated carbocycles. The highest BCUT2D eigenvalue weighted by atomic mass is 16.5. The SMILES string of the molecule is CN(CCNC(=O)COc1ccc(CO)cc1)C1CCCCC1. The van der Waals surface area contributed by atoms with Crippen molar-refractivity contribution in [1.29, 1.82) is 0 Å². The van der Waals surface area contributed by atoms with E-state index < -0.39 is 0 Å². The molecule has 5 nitrogen and oxygen atoms in total. The van der Waals surface area contributed by atoms with Crippen LogP contribution in [0.2, 0.25) is 0 Å². The second kappa shape index (κ2) is 9.53. The van der Waals surface area contributed by atoms with Crippen molar-refractivity contribution in [2.24, 2.45) is 0 Å². The van der Waals surface area contributed by atoms with Gasteiger partial charge in [0.05, 0.1) is 6.61 Å². The monoisotopic (exact) mass is 320 g/mol. The zero-order valence-corrected chi connectivity index (χ0v) is 14.0. The second-order valence-electron chi connectivity index (χ2n) is 6.21. The van der Waals surface area contributed by atoms with Crippen LogP contribution in [0.15, 0.2) is 24.3 Å². The van der Waals surface area contributed by atoms with Crippen LogP contribution in [-0.2, 0) is 11.4 Å². The maximum absolute atomic E-state index is 11.8. The minimum absolute atomic E-state index is 0.00920. The van der Waals surface area contributed by atoms with Crippen molar-refractivity contribution in [3.8, 4) is 5.75 Å². The van der Waals surface area contributed by atoms with Gasteiger partial charge in [0.15, 0.2) is 6.61 Å². The van der Waals surface area contributed by atoms with Gasteiger partial charge in [-0.05, 0) is 37.6 Å². The fourth-order valence-corrected chi connectivity index (χ4v) is 2.97. The molecule has 0 aliphatic heterocycles. The summed E-state index contributed by atoms with van der Waals surface area (Å²) in [6.45, 7) is 1.56. The number of aliphatic hydroxyl groups is 1. The van der Waals surface area contributed by atoms with Crippen LogP contribution < -0.4 is 10.1 Å². The molecule has 0 saturated heterocycles. The van der Waals surface area contributed by atoms with Crippen LogP contribution in [0, 0.1) is 0 Å². The zero-order valence-electron chi connectivity index (χ0n) is 14.0. The van der Waals surface area contributed by atoms with Crippen molar-refractivity contribution in [3.05, 3.63) is 29.8 Å². The van der Waals surface area contributed by atoms with Gasteiger partial charge in [-0.25, -0.2) is 0 Å². The lowest BCUT2D eigenvalue weighted by atomic mass is 9.94. The van der Waals surface area contributed by atoms with Gasteiger partial charge in [-0.3, -0.25) is 4.79 Å². The maximum Gasteiger partial charge on any atom is 0.257 e. The Hall–Kier alpha value is -1.59. The van der Waals surface area contributed by atoms with Gasteiger partial charge in [0.2, 0.25) is 0 Å². The van der Waals surface area contributed by atoms with Crippen LogP contribution in [-0.4, -0.2) is 48.7 Å². The van der Waals surface area contributed by atoms with Gasteiger partial charge < -0.3 is 20.1 Å². The summed E-state index contributed by atoms with van der Waals surface area (Å²) >= 11 is 0. The fourth-order valence-electron chi connectivity index (χ4n) is 2.97. The molecule has 0 heterocycles. The first-order chi connectivity index (χ1) is 11.2. The number of benzene rings is 1. The van der Waals surface area contributed by atoms with Crippen LogP contribution >= 0.6 is 0 Å². The van der Waals surface area contributed by atoms with Crippen molar-refractivity contribution >= 4 is 5.91 Å². The Balaban J connectivity index is 1.60. The van der Waals surface area contributed by atoms with Crippen LogP contribution in [0.3, 0.4) is 0 Å². The molecule has 1 fully saturated rings. The maximum atomic E-state index is 11.8. The van der Waals surface area contributed by atoms with E-state index in [-0.39, 0.29) is 19.1 Å². The van der Waals surface area contributed by atoms with Gasteiger partial charge in [-0.2, -0.15) is 0 Å². The molecule has 128 valence electrons. The average Bonchev–Trinajstić information content (AvgIpc) is 2.61. The lowest BCUT2D eigenvalue weighted by Gasteiger charge is -2.31. The largest absolute Gasteiger partial charge is 0.484 e. The van der Waals surface area contributed by atoms with E-state index in [1.165, 1.54) is 32.1 Å². The molecule has 1 aromatic rings. The fraction of sp³-hybridized carbons (Fsp3) is 0.611. The van der Waals surface area contributed by atoms with Crippen LogP contribution in [0.1, 0.15) is 37.7 Å². The third-order valence-corrected chi connectivity index (χ3v) is 4.46. The molecular weight excluding hydrogens is 292 g/mol. The van der Waals surface area contributed by atoms with Crippen molar-refractivity contribution in [2.75, 3.05) is 26.7 Å². The van der Waals surface area contributed by atoms with E-state index in [1.54, 1.807) is 24.3 Å². The number of likely N-dealkylation sites (N-methyl/N-ethyl adjacent to an activating group) is 1. The summed E-state index contributed by atoms with van der Waals surface area (Å²) in [7, 11) is 2.14. The summed E-state index contributed by atoms with van der Waals surface area (Å²) in [6.07, 6.45) is 6.56. The summed E-state index contributed by atoms with van der Waals surface area (Å²) in [5, 5.41) is 11.9. The van der Waals surface area contributed by atoms with Gasteiger partial charge in [-0.15, -0.1) is 0 Å². The Kier molecular flexibility index (Phi) is 7.36. The highest BCUT2D eigenvalue weighted by Crippen LogP contribution is 2.21. The minimum atomic E-state index is -0.103. The normalized spacial score (nSPS) is 15.6. The van der Waals surface area contributed by atoms with Crippen molar-refractivity contribution < 1.29 is 14.6 Å². The molecule has 2 rings (SSSR count). The average molecular weight is 320 g/mol. The van der Waals surface area contributed by atoms with Gasteiger partial charge in [-0.1, -0.05) is 31.4 Å². The van der Waals surface area contributed by atoms with E-state index in [0.717, 1.165) is 12.1 Å². The number of ether oxygens (including phenoxy) is 1. The quantitative estimate of drug-likeness (QED) is 0.768. The van der Waals surface area contributed by atoms with Gasteiger partial charge in [0.25, 0.3) is 5.91 Å². The minimum Gasteiger partial charge on any atom is -0.484 e. The van der Waals surface area contributed by atoms with E-state index in [2.05, 4.69) is 17.3 Å². The third-order valence-electron chi connectivity index (χ3n) is 4.46. The molecule has 5 heteroatoms. The zero-order chi connectivity index (χ0) is 16.5. The van der Waals surface area contributed by atoms with E-state index in [9.17, 15) is 4.79 Å². The predicted octanol–water partition coefficient (Wildman–Crippen LogP) is 1.94. The smallest absolute Gasteiger partial charge is 0.257 e. The van der Waals surface area contributed by atoms with E-state index >= 15 is 0 Å². The molecule has 1 aliphatic rings. The van der Waals surface area contributed by atoms with Gasteiger partial charge in [0, 0.05) is 19.1 Å². The van der Waals surface area contributed by atoms with E-state index in [1.807, 2.05) is 0 Å². The molecular formula is C18H28N2O3. The Morgan fingerprint density at radius 2 is 1.96 bits per heavy atom. The molecule has 23 heavy (non-hydrogen) atoms. The molecule has 0 spiro atoms. The number of hydrogen-bond donors (Lipinski definition) is 2. The van der Waals surface area contributed by atoms with Crippen LogP contribution in [0.25, 0.3) is 0 Å². The summed E-state index contributed by atoms with van der Waals surface area (Å²) in [5.41, 5.74) is 0.826. The Morgan fingerprint density at radius 1 is 1.26 bits per heavy atom. The molecule has 1 amide bonds.